The second-order valence-corrected chi connectivity index (χ2v) is 4.77. The van der Waals surface area contributed by atoms with Gasteiger partial charge in [-0.3, -0.25) is 4.90 Å². The van der Waals surface area contributed by atoms with Gasteiger partial charge in [-0.05, 0) is 17.7 Å². The topological polar surface area (TPSA) is 70.0 Å². The van der Waals surface area contributed by atoms with Crippen molar-refractivity contribution in [2.24, 2.45) is 5.73 Å². The number of rotatable bonds is 3. The van der Waals surface area contributed by atoms with E-state index in [0.29, 0.717) is 6.54 Å². The molecule has 0 radical (unpaired) electrons. The van der Waals surface area contributed by atoms with E-state index in [2.05, 4.69) is 38.4 Å². The zero-order chi connectivity index (χ0) is 12.4. The van der Waals surface area contributed by atoms with Crippen LogP contribution in [0.2, 0.25) is 0 Å². The van der Waals surface area contributed by atoms with E-state index in [1.54, 1.807) is 0 Å². The van der Waals surface area contributed by atoms with Crippen molar-refractivity contribution in [3.63, 3.8) is 0 Å². The van der Waals surface area contributed by atoms with E-state index < -0.39 is 0 Å². The average molecular weight is 245 g/mol. The third kappa shape index (κ3) is 2.38. The van der Waals surface area contributed by atoms with Gasteiger partial charge in [0.05, 0.1) is 17.6 Å². The molecule has 5 heteroatoms. The Hall–Kier alpha value is -1.43. The van der Waals surface area contributed by atoms with Gasteiger partial charge in [0.15, 0.2) is 0 Å². The molecule has 0 spiro atoms. The standard InChI is InChI=1S/C13H19N5/c14-8-13-16-11-2-1-10(7-12(11)17-13)9-18-5-3-15-4-6-18/h1-2,7,15H,3-6,8-9,14H2,(H,16,17). The maximum absolute atomic E-state index is 5.59. The number of nitrogens with two attached hydrogens (primary N) is 1. The van der Waals surface area contributed by atoms with Crippen LogP contribution in [-0.2, 0) is 13.1 Å². The van der Waals surface area contributed by atoms with Crippen LogP contribution in [0.25, 0.3) is 11.0 Å². The summed E-state index contributed by atoms with van der Waals surface area (Å²) in [5.41, 5.74) is 9.01. The highest BCUT2D eigenvalue weighted by Crippen LogP contribution is 2.15. The number of aromatic amines is 1. The minimum Gasteiger partial charge on any atom is -0.341 e. The zero-order valence-corrected chi connectivity index (χ0v) is 10.4. The fraction of sp³-hybridized carbons (Fsp3) is 0.462. The quantitative estimate of drug-likeness (QED) is 0.733. The summed E-state index contributed by atoms with van der Waals surface area (Å²) < 4.78 is 0. The van der Waals surface area contributed by atoms with Crippen molar-refractivity contribution >= 4 is 11.0 Å². The number of nitrogens with zero attached hydrogens (tertiary/aromatic N) is 2. The van der Waals surface area contributed by atoms with Crippen molar-refractivity contribution in [3.05, 3.63) is 29.6 Å². The van der Waals surface area contributed by atoms with Crippen LogP contribution in [-0.4, -0.2) is 41.0 Å². The number of aromatic nitrogens is 2. The van der Waals surface area contributed by atoms with Crippen molar-refractivity contribution in [2.45, 2.75) is 13.1 Å². The molecule has 0 amide bonds. The zero-order valence-electron chi connectivity index (χ0n) is 10.4. The molecule has 2 aromatic rings. The Kier molecular flexibility index (Phi) is 3.27. The van der Waals surface area contributed by atoms with Crippen LogP contribution < -0.4 is 11.1 Å². The van der Waals surface area contributed by atoms with Gasteiger partial charge in [0.1, 0.15) is 5.82 Å². The lowest BCUT2D eigenvalue weighted by atomic mass is 10.2. The smallest absolute Gasteiger partial charge is 0.121 e. The van der Waals surface area contributed by atoms with E-state index >= 15 is 0 Å². The van der Waals surface area contributed by atoms with Gasteiger partial charge in [0.25, 0.3) is 0 Å². The van der Waals surface area contributed by atoms with Crippen molar-refractivity contribution in [1.29, 1.82) is 0 Å². The number of hydrogen-bond acceptors (Lipinski definition) is 4. The number of imidazole rings is 1. The molecule has 1 aliphatic heterocycles. The van der Waals surface area contributed by atoms with Crippen LogP contribution in [0.5, 0.6) is 0 Å². The third-order valence-corrected chi connectivity index (χ3v) is 3.40. The monoisotopic (exact) mass is 245 g/mol. The Labute approximate surface area is 106 Å². The normalized spacial score (nSPS) is 17.4. The number of fused-ring (bicyclic) bond motifs is 1. The molecule has 1 aromatic heterocycles. The van der Waals surface area contributed by atoms with E-state index in [1.165, 1.54) is 5.56 Å². The van der Waals surface area contributed by atoms with Gasteiger partial charge >= 0.3 is 0 Å². The van der Waals surface area contributed by atoms with Crippen LogP contribution in [0.1, 0.15) is 11.4 Å². The molecule has 1 saturated heterocycles. The summed E-state index contributed by atoms with van der Waals surface area (Å²) in [6.45, 7) is 5.88. The van der Waals surface area contributed by atoms with Crippen molar-refractivity contribution < 1.29 is 0 Å². The molecule has 0 atom stereocenters. The molecule has 1 aliphatic rings. The van der Waals surface area contributed by atoms with E-state index in [-0.39, 0.29) is 0 Å². The summed E-state index contributed by atoms with van der Waals surface area (Å²) >= 11 is 0. The van der Waals surface area contributed by atoms with E-state index in [0.717, 1.165) is 49.6 Å². The van der Waals surface area contributed by atoms with Crippen molar-refractivity contribution in [1.82, 2.24) is 20.2 Å². The van der Waals surface area contributed by atoms with Crippen molar-refractivity contribution in [2.75, 3.05) is 26.2 Å². The fourth-order valence-electron chi connectivity index (χ4n) is 2.43. The largest absolute Gasteiger partial charge is 0.341 e. The minimum atomic E-state index is 0.460. The van der Waals surface area contributed by atoms with Crippen LogP contribution >= 0.6 is 0 Å². The van der Waals surface area contributed by atoms with Crippen molar-refractivity contribution in [3.8, 4) is 0 Å². The summed E-state index contributed by atoms with van der Waals surface area (Å²) in [6, 6.07) is 6.41. The fourth-order valence-corrected chi connectivity index (χ4v) is 2.43. The summed E-state index contributed by atoms with van der Waals surface area (Å²) in [6.07, 6.45) is 0. The Bertz CT molecular complexity index is 527. The molecule has 0 saturated carbocycles. The molecule has 18 heavy (non-hydrogen) atoms. The highest BCUT2D eigenvalue weighted by molar-refractivity contribution is 5.75. The molecule has 1 aromatic carbocycles. The summed E-state index contributed by atoms with van der Waals surface area (Å²) in [7, 11) is 0. The lowest BCUT2D eigenvalue weighted by molar-refractivity contribution is 0.233. The second kappa shape index (κ2) is 5.06. The Morgan fingerprint density at radius 2 is 2.11 bits per heavy atom. The van der Waals surface area contributed by atoms with Crippen LogP contribution in [0.4, 0.5) is 0 Å². The molecule has 3 rings (SSSR count). The predicted molar refractivity (Wildman–Crippen MR) is 72.1 cm³/mol. The first-order valence-corrected chi connectivity index (χ1v) is 6.46. The molecule has 96 valence electrons. The first kappa shape index (κ1) is 11.6. The lowest BCUT2D eigenvalue weighted by Crippen LogP contribution is -2.42. The van der Waals surface area contributed by atoms with E-state index in [4.69, 9.17) is 5.73 Å². The molecule has 1 fully saturated rings. The van der Waals surface area contributed by atoms with Crippen LogP contribution in [0.15, 0.2) is 18.2 Å². The van der Waals surface area contributed by atoms with Gasteiger partial charge in [0.2, 0.25) is 0 Å². The molecule has 0 aliphatic carbocycles. The third-order valence-electron chi connectivity index (χ3n) is 3.40. The van der Waals surface area contributed by atoms with E-state index in [9.17, 15) is 0 Å². The van der Waals surface area contributed by atoms with Gasteiger partial charge in [-0.15, -0.1) is 0 Å². The highest BCUT2D eigenvalue weighted by atomic mass is 15.2. The molecular formula is C13H19N5. The number of nitrogens with one attached hydrogen (secondary N) is 2. The molecular weight excluding hydrogens is 226 g/mol. The molecule has 2 heterocycles. The highest BCUT2D eigenvalue weighted by Gasteiger charge is 2.10. The van der Waals surface area contributed by atoms with Crippen LogP contribution in [0.3, 0.4) is 0 Å². The Balaban J connectivity index is 1.79. The summed E-state index contributed by atoms with van der Waals surface area (Å²) in [5.74, 6) is 0.851. The van der Waals surface area contributed by atoms with Crippen LogP contribution in [0, 0.1) is 0 Å². The Morgan fingerprint density at radius 3 is 2.89 bits per heavy atom. The number of H-pyrrole nitrogens is 1. The summed E-state index contributed by atoms with van der Waals surface area (Å²) in [5, 5.41) is 3.37. The molecule has 0 unspecified atom stereocenters. The SMILES string of the molecule is NCc1nc2ccc(CN3CCNCC3)cc2[nH]1. The lowest BCUT2D eigenvalue weighted by Gasteiger charge is -2.27. The molecule has 5 nitrogen and oxygen atoms in total. The average Bonchev–Trinajstić information content (AvgIpc) is 2.82. The van der Waals surface area contributed by atoms with Gasteiger partial charge in [-0.25, -0.2) is 4.98 Å². The first-order valence-electron chi connectivity index (χ1n) is 6.46. The maximum Gasteiger partial charge on any atom is 0.121 e. The van der Waals surface area contributed by atoms with Gasteiger partial charge in [0, 0.05) is 32.7 Å². The number of hydrogen-bond donors (Lipinski definition) is 3. The molecule has 0 bridgehead atoms. The summed E-state index contributed by atoms with van der Waals surface area (Å²) in [4.78, 5) is 10.1. The predicted octanol–water partition coefficient (Wildman–Crippen LogP) is 0.427. The van der Waals surface area contributed by atoms with Gasteiger partial charge in [-0.1, -0.05) is 6.07 Å². The van der Waals surface area contributed by atoms with E-state index in [1.807, 2.05) is 0 Å². The maximum atomic E-state index is 5.59. The Morgan fingerprint density at radius 1 is 1.28 bits per heavy atom. The first-order chi connectivity index (χ1) is 8.85. The second-order valence-electron chi connectivity index (χ2n) is 4.77. The molecule has 4 N–H and O–H groups in total. The number of benzene rings is 1. The number of piperazine rings is 1. The van der Waals surface area contributed by atoms with Gasteiger partial charge in [-0.2, -0.15) is 0 Å². The minimum absolute atomic E-state index is 0.460. The van der Waals surface area contributed by atoms with Gasteiger partial charge < -0.3 is 16.0 Å².